The molecular formula is C12H11FN4OS. The number of nitrogens with two attached hydrogens (primary N) is 1. The van der Waals surface area contributed by atoms with Gasteiger partial charge >= 0.3 is 0 Å². The number of nitrogens with one attached hydrogen (secondary N) is 1. The molecule has 2 rings (SSSR count). The Balaban J connectivity index is 2.26. The van der Waals surface area contributed by atoms with Gasteiger partial charge in [-0.2, -0.15) is 5.10 Å². The molecule has 1 heterocycles. The van der Waals surface area contributed by atoms with Crippen LogP contribution in [0.4, 0.5) is 10.2 Å². The van der Waals surface area contributed by atoms with Crippen molar-refractivity contribution >= 4 is 28.9 Å². The van der Waals surface area contributed by atoms with E-state index in [1.807, 2.05) is 0 Å². The molecule has 0 bridgehead atoms. The molecule has 1 amide bonds. The minimum Gasteiger partial charge on any atom is -0.389 e. The summed E-state index contributed by atoms with van der Waals surface area (Å²) in [7, 11) is 1.65. The molecule has 0 aliphatic carbocycles. The quantitative estimate of drug-likeness (QED) is 0.833. The number of carbonyl (C=O) groups is 1. The van der Waals surface area contributed by atoms with E-state index in [0.29, 0.717) is 16.9 Å². The first-order chi connectivity index (χ1) is 8.99. The maximum absolute atomic E-state index is 12.8. The summed E-state index contributed by atoms with van der Waals surface area (Å²) in [6, 6.07) is 5.21. The molecule has 0 fully saturated rings. The first-order valence-corrected chi connectivity index (χ1v) is 5.78. The Morgan fingerprint density at radius 2 is 2.05 bits per heavy atom. The fourth-order valence-corrected chi connectivity index (χ4v) is 1.70. The standard InChI is InChI=1S/C12H11FN4OS/c1-17-11(9(6-15-17)10(14)19)16-12(18)7-2-4-8(13)5-3-7/h2-6H,1H3,(H2,14,19)(H,16,18). The van der Waals surface area contributed by atoms with Gasteiger partial charge in [0, 0.05) is 12.6 Å². The summed E-state index contributed by atoms with van der Waals surface area (Å²) in [5.74, 6) is -0.385. The van der Waals surface area contributed by atoms with Crippen molar-refractivity contribution in [1.82, 2.24) is 9.78 Å². The first kappa shape index (κ1) is 13.2. The average molecular weight is 278 g/mol. The minimum absolute atomic E-state index is 0.141. The van der Waals surface area contributed by atoms with E-state index in [4.69, 9.17) is 18.0 Å². The number of anilines is 1. The Morgan fingerprint density at radius 1 is 1.42 bits per heavy atom. The SMILES string of the molecule is Cn1ncc(C(N)=S)c1NC(=O)c1ccc(F)cc1. The number of carbonyl (C=O) groups excluding carboxylic acids is 1. The third-order valence-electron chi connectivity index (χ3n) is 2.54. The van der Waals surface area contributed by atoms with Crippen molar-refractivity contribution in [2.75, 3.05) is 5.32 Å². The van der Waals surface area contributed by atoms with Gasteiger partial charge in [0.1, 0.15) is 16.6 Å². The fraction of sp³-hybridized carbons (Fsp3) is 0.0833. The summed E-state index contributed by atoms with van der Waals surface area (Å²) in [5.41, 5.74) is 6.35. The van der Waals surface area contributed by atoms with Gasteiger partial charge in [0.25, 0.3) is 5.91 Å². The number of amides is 1. The summed E-state index contributed by atoms with van der Waals surface area (Å²) in [4.78, 5) is 12.1. The summed E-state index contributed by atoms with van der Waals surface area (Å²) in [5, 5.41) is 6.62. The van der Waals surface area contributed by atoms with Crippen LogP contribution in [0.1, 0.15) is 15.9 Å². The number of aromatic nitrogens is 2. The molecule has 19 heavy (non-hydrogen) atoms. The molecule has 7 heteroatoms. The second-order valence-electron chi connectivity index (χ2n) is 3.86. The van der Waals surface area contributed by atoms with E-state index in [1.165, 1.54) is 35.1 Å². The van der Waals surface area contributed by atoms with Gasteiger partial charge in [-0.1, -0.05) is 12.2 Å². The second-order valence-corrected chi connectivity index (χ2v) is 4.30. The smallest absolute Gasteiger partial charge is 0.256 e. The summed E-state index contributed by atoms with van der Waals surface area (Å²) in [6.45, 7) is 0. The highest BCUT2D eigenvalue weighted by atomic mass is 32.1. The lowest BCUT2D eigenvalue weighted by Gasteiger charge is -2.07. The monoisotopic (exact) mass is 278 g/mol. The predicted molar refractivity (Wildman–Crippen MR) is 73.4 cm³/mol. The molecule has 0 atom stereocenters. The van der Waals surface area contributed by atoms with Crippen molar-refractivity contribution in [3.05, 3.63) is 47.4 Å². The van der Waals surface area contributed by atoms with Gasteiger partial charge < -0.3 is 11.1 Å². The Morgan fingerprint density at radius 3 is 2.63 bits per heavy atom. The lowest BCUT2D eigenvalue weighted by atomic mass is 10.2. The van der Waals surface area contributed by atoms with E-state index in [0.717, 1.165) is 0 Å². The highest BCUT2D eigenvalue weighted by Gasteiger charge is 2.14. The lowest BCUT2D eigenvalue weighted by molar-refractivity contribution is 0.102. The van der Waals surface area contributed by atoms with Crippen molar-refractivity contribution in [1.29, 1.82) is 0 Å². The predicted octanol–water partition coefficient (Wildman–Crippen LogP) is 1.45. The molecule has 1 aromatic heterocycles. The van der Waals surface area contributed by atoms with Crippen LogP contribution in [0.5, 0.6) is 0 Å². The van der Waals surface area contributed by atoms with Crippen LogP contribution in [0.25, 0.3) is 0 Å². The Bertz CT molecular complexity index is 636. The van der Waals surface area contributed by atoms with Gasteiger partial charge in [0.2, 0.25) is 0 Å². The zero-order valence-corrected chi connectivity index (χ0v) is 10.9. The van der Waals surface area contributed by atoms with E-state index in [1.54, 1.807) is 7.05 Å². The van der Waals surface area contributed by atoms with Crippen LogP contribution in [-0.4, -0.2) is 20.7 Å². The number of thiocarbonyl (C=S) groups is 1. The van der Waals surface area contributed by atoms with Crippen LogP contribution in [-0.2, 0) is 7.05 Å². The van der Waals surface area contributed by atoms with Crippen molar-refractivity contribution in [3.63, 3.8) is 0 Å². The van der Waals surface area contributed by atoms with Crippen LogP contribution in [0.3, 0.4) is 0 Å². The van der Waals surface area contributed by atoms with E-state index >= 15 is 0 Å². The second kappa shape index (κ2) is 5.15. The molecule has 98 valence electrons. The molecule has 0 spiro atoms. The molecule has 2 aromatic rings. The Hall–Kier alpha value is -2.28. The van der Waals surface area contributed by atoms with Crippen LogP contribution in [0.2, 0.25) is 0 Å². The maximum atomic E-state index is 12.8. The minimum atomic E-state index is -0.402. The van der Waals surface area contributed by atoms with E-state index in [2.05, 4.69) is 10.4 Å². The normalized spacial score (nSPS) is 10.2. The van der Waals surface area contributed by atoms with E-state index < -0.39 is 5.82 Å². The number of rotatable bonds is 3. The molecule has 0 aliphatic rings. The zero-order chi connectivity index (χ0) is 14.0. The third kappa shape index (κ3) is 2.76. The highest BCUT2D eigenvalue weighted by molar-refractivity contribution is 7.80. The molecular weight excluding hydrogens is 267 g/mol. The number of aryl methyl sites for hydroxylation is 1. The topological polar surface area (TPSA) is 72.9 Å². The van der Waals surface area contributed by atoms with Crippen LogP contribution < -0.4 is 11.1 Å². The number of hydrogen-bond donors (Lipinski definition) is 2. The van der Waals surface area contributed by atoms with E-state index in [-0.39, 0.29) is 10.9 Å². The Labute approximate surface area is 114 Å². The number of nitrogens with zero attached hydrogens (tertiary/aromatic N) is 2. The fourth-order valence-electron chi connectivity index (χ4n) is 1.55. The van der Waals surface area contributed by atoms with Crippen LogP contribution >= 0.6 is 12.2 Å². The molecule has 0 saturated carbocycles. The number of halogens is 1. The van der Waals surface area contributed by atoms with Gasteiger partial charge in [-0.3, -0.25) is 9.48 Å². The van der Waals surface area contributed by atoms with Crippen molar-refractivity contribution in [2.24, 2.45) is 12.8 Å². The molecule has 3 N–H and O–H groups in total. The summed E-state index contributed by atoms with van der Waals surface area (Å²) >= 11 is 4.87. The summed E-state index contributed by atoms with van der Waals surface area (Å²) < 4.78 is 14.2. The maximum Gasteiger partial charge on any atom is 0.256 e. The first-order valence-electron chi connectivity index (χ1n) is 5.37. The molecule has 0 saturated heterocycles. The van der Waals surface area contributed by atoms with E-state index in [9.17, 15) is 9.18 Å². The third-order valence-corrected chi connectivity index (χ3v) is 2.76. The number of benzene rings is 1. The molecule has 5 nitrogen and oxygen atoms in total. The van der Waals surface area contributed by atoms with Gasteiger partial charge in [-0.05, 0) is 24.3 Å². The lowest BCUT2D eigenvalue weighted by Crippen LogP contribution is -2.18. The van der Waals surface area contributed by atoms with Gasteiger partial charge in [-0.25, -0.2) is 4.39 Å². The molecule has 0 aliphatic heterocycles. The van der Waals surface area contributed by atoms with Gasteiger partial charge in [0.05, 0.1) is 11.8 Å². The molecule has 0 radical (unpaired) electrons. The zero-order valence-electron chi connectivity index (χ0n) is 10.1. The highest BCUT2D eigenvalue weighted by Crippen LogP contribution is 2.15. The number of hydrogen-bond acceptors (Lipinski definition) is 3. The van der Waals surface area contributed by atoms with Crippen molar-refractivity contribution < 1.29 is 9.18 Å². The summed E-state index contributed by atoms with van der Waals surface area (Å²) in [6.07, 6.45) is 1.47. The Kier molecular flexibility index (Phi) is 3.57. The molecule has 0 unspecified atom stereocenters. The van der Waals surface area contributed by atoms with Crippen molar-refractivity contribution in [3.8, 4) is 0 Å². The van der Waals surface area contributed by atoms with Crippen LogP contribution in [0.15, 0.2) is 30.5 Å². The van der Waals surface area contributed by atoms with Gasteiger partial charge in [-0.15, -0.1) is 0 Å². The molecule has 1 aromatic carbocycles. The average Bonchev–Trinajstić information content (AvgIpc) is 2.72. The van der Waals surface area contributed by atoms with Crippen molar-refractivity contribution in [2.45, 2.75) is 0 Å². The largest absolute Gasteiger partial charge is 0.389 e. The van der Waals surface area contributed by atoms with Gasteiger partial charge in [0.15, 0.2) is 0 Å². The van der Waals surface area contributed by atoms with Crippen LogP contribution in [0, 0.1) is 5.82 Å².